The second-order valence-corrected chi connectivity index (χ2v) is 7.31. The molecule has 0 bridgehead atoms. The predicted octanol–water partition coefficient (Wildman–Crippen LogP) is 4.25. The summed E-state index contributed by atoms with van der Waals surface area (Å²) >= 11 is 0. The van der Waals surface area contributed by atoms with Crippen LogP contribution in [0.25, 0.3) is 11.0 Å². The molecule has 5 heteroatoms. The van der Waals surface area contributed by atoms with E-state index in [-0.39, 0.29) is 5.91 Å². The van der Waals surface area contributed by atoms with Gasteiger partial charge in [0.2, 0.25) is 0 Å². The number of carbonyl (C=O) groups excluding carboxylic acids is 1. The zero-order chi connectivity index (χ0) is 18.5. The number of nitrogens with zero attached hydrogens (tertiary/aromatic N) is 4. The minimum absolute atomic E-state index is 0.0528. The molecule has 1 amide bonds. The topological polar surface area (TPSA) is 59.0 Å². The molecule has 1 aromatic carbocycles. The molecule has 1 aliphatic rings. The Kier molecular flexibility index (Phi) is 5.37. The number of benzene rings is 1. The van der Waals surface area contributed by atoms with Crippen LogP contribution in [0.5, 0.6) is 0 Å². The summed E-state index contributed by atoms with van der Waals surface area (Å²) in [5.74, 6) is 0.636. The molecule has 0 radical (unpaired) electrons. The van der Waals surface area contributed by atoms with E-state index < -0.39 is 0 Å². The van der Waals surface area contributed by atoms with Gasteiger partial charge in [-0.05, 0) is 48.6 Å². The molecule has 1 aliphatic carbocycles. The third-order valence-corrected chi connectivity index (χ3v) is 5.30. The van der Waals surface area contributed by atoms with Crippen molar-refractivity contribution in [3.63, 3.8) is 0 Å². The van der Waals surface area contributed by atoms with E-state index in [0.717, 1.165) is 23.1 Å². The summed E-state index contributed by atoms with van der Waals surface area (Å²) in [5, 5.41) is 0. The number of pyridine rings is 1. The summed E-state index contributed by atoms with van der Waals surface area (Å²) < 4.78 is 0. The van der Waals surface area contributed by atoms with Crippen molar-refractivity contribution in [2.45, 2.75) is 38.6 Å². The van der Waals surface area contributed by atoms with E-state index in [0.29, 0.717) is 18.0 Å². The molecule has 4 rings (SSSR count). The normalized spacial score (nSPS) is 15.0. The molecular formula is C22H24N4O. The standard InChI is InChI=1S/C22H24N4O/c27-22(19-8-9-20-21(13-19)25-12-11-24-20)26(15-17-5-2-1-3-6-17)16-18-7-4-10-23-14-18/h4,7-14,17H,1-3,5-6,15-16H2. The molecule has 5 nitrogen and oxygen atoms in total. The van der Waals surface area contributed by atoms with E-state index in [9.17, 15) is 4.79 Å². The summed E-state index contributed by atoms with van der Waals surface area (Å²) in [6.45, 7) is 1.38. The Labute approximate surface area is 159 Å². The van der Waals surface area contributed by atoms with E-state index in [1.54, 1.807) is 18.6 Å². The maximum atomic E-state index is 13.3. The summed E-state index contributed by atoms with van der Waals surface area (Å²) in [5.41, 5.74) is 3.28. The van der Waals surface area contributed by atoms with Gasteiger partial charge < -0.3 is 4.90 Å². The Morgan fingerprint density at radius 3 is 2.59 bits per heavy atom. The lowest BCUT2D eigenvalue weighted by atomic mass is 9.88. The molecule has 0 spiro atoms. The first-order valence-corrected chi connectivity index (χ1v) is 9.68. The Bertz CT molecular complexity index is 906. The van der Waals surface area contributed by atoms with Crippen molar-refractivity contribution in [3.8, 4) is 0 Å². The molecule has 1 fully saturated rings. The van der Waals surface area contributed by atoms with Crippen LogP contribution in [0.2, 0.25) is 0 Å². The number of rotatable bonds is 5. The van der Waals surface area contributed by atoms with E-state index in [2.05, 4.69) is 15.0 Å². The number of carbonyl (C=O) groups is 1. The van der Waals surface area contributed by atoms with Crippen molar-refractivity contribution in [2.24, 2.45) is 5.92 Å². The molecule has 27 heavy (non-hydrogen) atoms. The second-order valence-electron chi connectivity index (χ2n) is 7.31. The van der Waals surface area contributed by atoms with Gasteiger partial charge in [-0.15, -0.1) is 0 Å². The van der Waals surface area contributed by atoms with Crippen molar-refractivity contribution in [1.29, 1.82) is 0 Å². The molecule has 1 saturated carbocycles. The fraction of sp³-hybridized carbons (Fsp3) is 0.364. The maximum absolute atomic E-state index is 13.3. The van der Waals surface area contributed by atoms with Gasteiger partial charge in [-0.2, -0.15) is 0 Å². The molecule has 0 saturated heterocycles. The lowest BCUT2D eigenvalue weighted by Gasteiger charge is -2.30. The smallest absolute Gasteiger partial charge is 0.254 e. The third-order valence-electron chi connectivity index (χ3n) is 5.30. The summed E-state index contributed by atoms with van der Waals surface area (Å²) in [6, 6.07) is 9.53. The fourth-order valence-corrected chi connectivity index (χ4v) is 3.89. The van der Waals surface area contributed by atoms with Gasteiger partial charge in [0.25, 0.3) is 5.91 Å². The molecule has 3 aromatic rings. The van der Waals surface area contributed by atoms with E-state index >= 15 is 0 Å². The van der Waals surface area contributed by atoms with Crippen LogP contribution in [-0.4, -0.2) is 32.3 Å². The van der Waals surface area contributed by atoms with Gasteiger partial charge in [-0.25, -0.2) is 0 Å². The average molecular weight is 360 g/mol. The first-order chi connectivity index (χ1) is 13.3. The zero-order valence-corrected chi connectivity index (χ0v) is 15.4. The monoisotopic (exact) mass is 360 g/mol. The van der Waals surface area contributed by atoms with Crippen LogP contribution >= 0.6 is 0 Å². The van der Waals surface area contributed by atoms with Gasteiger partial charge in [-0.3, -0.25) is 19.7 Å². The number of aromatic nitrogens is 3. The Morgan fingerprint density at radius 1 is 1.00 bits per heavy atom. The number of amides is 1. The number of hydrogen-bond donors (Lipinski definition) is 0. The van der Waals surface area contributed by atoms with E-state index in [1.807, 2.05) is 41.4 Å². The lowest BCUT2D eigenvalue weighted by Crippen LogP contribution is -2.35. The summed E-state index contributed by atoms with van der Waals surface area (Å²) in [7, 11) is 0. The van der Waals surface area contributed by atoms with Crippen LogP contribution < -0.4 is 0 Å². The largest absolute Gasteiger partial charge is 0.334 e. The summed E-state index contributed by atoms with van der Waals surface area (Å²) in [4.78, 5) is 28.1. The molecule has 0 aliphatic heterocycles. The molecule has 138 valence electrons. The highest BCUT2D eigenvalue weighted by Crippen LogP contribution is 2.26. The molecule has 2 aromatic heterocycles. The minimum Gasteiger partial charge on any atom is -0.334 e. The lowest BCUT2D eigenvalue weighted by molar-refractivity contribution is 0.0699. The molecule has 0 unspecified atom stereocenters. The molecule has 2 heterocycles. The quantitative estimate of drug-likeness (QED) is 0.682. The predicted molar refractivity (Wildman–Crippen MR) is 105 cm³/mol. The third kappa shape index (κ3) is 4.30. The highest BCUT2D eigenvalue weighted by molar-refractivity contribution is 5.97. The number of hydrogen-bond acceptors (Lipinski definition) is 4. The maximum Gasteiger partial charge on any atom is 0.254 e. The zero-order valence-electron chi connectivity index (χ0n) is 15.4. The van der Waals surface area contributed by atoms with Gasteiger partial charge >= 0.3 is 0 Å². The summed E-state index contributed by atoms with van der Waals surface area (Å²) in [6.07, 6.45) is 13.2. The van der Waals surface area contributed by atoms with Gasteiger partial charge in [-0.1, -0.05) is 25.3 Å². The highest BCUT2D eigenvalue weighted by atomic mass is 16.2. The minimum atomic E-state index is 0.0528. The van der Waals surface area contributed by atoms with Crippen LogP contribution in [0.15, 0.2) is 55.1 Å². The van der Waals surface area contributed by atoms with Gasteiger partial charge in [0, 0.05) is 43.4 Å². The molecule has 0 atom stereocenters. The first kappa shape index (κ1) is 17.6. The van der Waals surface area contributed by atoms with Crippen molar-refractivity contribution >= 4 is 16.9 Å². The van der Waals surface area contributed by atoms with Gasteiger partial charge in [0.05, 0.1) is 11.0 Å². The molecule has 0 N–H and O–H groups in total. The first-order valence-electron chi connectivity index (χ1n) is 9.68. The number of fused-ring (bicyclic) bond motifs is 1. The Balaban J connectivity index is 1.59. The van der Waals surface area contributed by atoms with Crippen LogP contribution in [0, 0.1) is 5.92 Å². The van der Waals surface area contributed by atoms with E-state index in [1.165, 1.54) is 32.1 Å². The Hall–Kier alpha value is -2.82. The van der Waals surface area contributed by atoms with Gasteiger partial charge in [0.15, 0.2) is 0 Å². The SMILES string of the molecule is O=C(c1ccc2nccnc2c1)N(Cc1cccnc1)CC1CCCCC1. The fourth-order valence-electron chi connectivity index (χ4n) is 3.89. The van der Waals surface area contributed by atoms with Crippen molar-refractivity contribution in [2.75, 3.05) is 6.54 Å². The van der Waals surface area contributed by atoms with Crippen LogP contribution in [0.1, 0.15) is 48.0 Å². The average Bonchev–Trinajstić information content (AvgIpc) is 2.74. The van der Waals surface area contributed by atoms with Crippen LogP contribution in [-0.2, 0) is 6.54 Å². The van der Waals surface area contributed by atoms with Gasteiger partial charge in [0.1, 0.15) is 0 Å². The van der Waals surface area contributed by atoms with Crippen LogP contribution in [0.3, 0.4) is 0 Å². The van der Waals surface area contributed by atoms with Crippen molar-refractivity contribution < 1.29 is 4.79 Å². The Morgan fingerprint density at radius 2 is 1.81 bits per heavy atom. The van der Waals surface area contributed by atoms with Crippen molar-refractivity contribution in [1.82, 2.24) is 19.9 Å². The second kappa shape index (κ2) is 8.25. The molecular weight excluding hydrogens is 336 g/mol. The highest BCUT2D eigenvalue weighted by Gasteiger charge is 2.22. The van der Waals surface area contributed by atoms with Crippen LogP contribution in [0.4, 0.5) is 0 Å². The van der Waals surface area contributed by atoms with E-state index in [4.69, 9.17) is 0 Å². The van der Waals surface area contributed by atoms with Crippen molar-refractivity contribution in [3.05, 3.63) is 66.2 Å².